The van der Waals surface area contributed by atoms with E-state index in [0.29, 0.717) is 34.4 Å². The molecular formula is C23H31NO5. The summed E-state index contributed by atoms with van der Waals surface area (Å²) in [4.78, 5) is 12.7. The number of ether oxygens (including phenoxy) is 4. The van der Waals surface area contributed by atoms with Crippen LogP contribution in [0, 0.1) is 5.92 Å². The second kappa shape index (κ2) is 11.2. The number of benzene rings is 2. The van der Waals surface area contributed by atoms with Crippen molar-refractivity contribution >= 4 is 11.6 Å². The molecule has 0 aliphatic heterocycles. The van der Waals surface area contributed by atoms with Crippen molar-refractivity contribution in [1.29, 1.82) is 0 Å². The monoisotopic (exact) mass is 401 g/mol. The average Bonchev–Trinajstić information content (AvgIpc) is 2.75. The summed E-state index contributed by atoms with van der Waals surface area (Å²) in [5, 5.41) is 2.98. The van der Waals surface area contributed by atoms with Gasteiger partial charge in [0.25, 0.3) is 0 Å². The van der Waals surface area contributed by atoms with Gasteiger partial charge in [-0.1, -0.05) is 33.1 Å². The molecule has 2 rings (SSSR count). The van der Waals surface area contributed by atoms with Crippen LogP contribution in [0.5, 0.6) is 28.7 Å². The maximum absolute atomic E-state index is 12.7. The standard InChI is InChI=1S/C23H31NO5/c1-6-7-8-9-16(2)23(25)24-19-14-17(26-3)10-12-20(19)29-21-13-11-18(27-4)15-22(21)28-5/h10-16H,6-9H2,1-5H3,(H,24,25). The van der Waals surface area contributed by atoms with E-state index in [1.165, 1.54) is 0 Å². The molecule has 0 bridgehead atoms. The van der Waals surface area contributed by atoms with Gasteiger partial charge in [-0.3, -0.25) is 4.79 Å². The van der Waals surface area contributed by atoms with Gasteiger partial charge in [0, 0.05) is 18.1 Å². The number of rotatable bonds is 11. The van der Waals surface area contributed by atoms with Crippen LogP contribution in [0.1, 0.15) is 39.5 Å². The third-order valence-corrected chi connectivity index (χ3v) is 4.72. The van der Waals surface area contributed by atoms with Gasteiger partial charge in [0.2, 0.25) is 5.91 Å². The van der Waals surface area contributed by atoms with E-state index in [2.05, 4.69) is 12.2 Å². The first kappa shape index (κ1) is 22.4. The minimum Gasteiger partial charge on any atom is -0.497 e. The van der Waals surface area contributed by atoms with Crippen molar-refractivity contribution in [2.75, 3.05) is 26.6 Å². The van der Waals surface area contributed by atoms with Crippen LogP contribution in [0.15, 0.2) is 36.4 Å². The summed E-state index contributed by atoms with van der Waals surface area (Å²) in [6.45, 7) is 4.09. The normalized spacial score (nSPS) is 11.5. The number of nitrogens with one attached hydrogen (secondary N) is 1. The molecular weight excluding hydrogens is 370 g/mol. The van der Waals surface area contributed by atoms with Gasteiger partial charge >= 0.3 is 0 Å². The Morgan fingerprint density at radius 2 is 1.55 bits per heavy atom. The number of hydrogen-bond donors (Lipinski definition) is 1. The van der Waals surface area contributed by atoms with E-state index in [0.717, 1.165) is 25.7 Å². The number of anilines is 1. The lowest BCUT2D eigenvalue weighted by atomic mass is 10.0. The van der Waals surface area contributed by atoms with E-state index in [9.17, 15) is 4.79 Å². The number of carbonyl (C=O) groups excluding carboxylic acids is 1. The summed E-state index contributed by atoms with van der Waals surface area (Å²) in [5.41, 5.74) is 0.551. The minimum atomic E-state index is -0.0869. The van der Waals surface area contributed by atoms with Gasteiger partial charge < -0.3 is 24.3 Å². The van der Waals surface area contributed by atoms with Crippen molar-refractivity contribution in [3.05, 3.63) is 36.4 Å². The maximum atomic E-state index is 12.7. The molecule has 0 aliphatic carbocycles. The van der Waals surface area contributed by atoms with Crippen molar-refractivity contribution in [2.24, 2.45) is 5.92 Å². The van der Waals surface area contributed by atoms with Gasteiger partial charge in [0.1, 0.15) is 11.5 Å². The second-order valence-electron chi connectivity index (χ2n) is 6.87. The average molecular weight is 402 g/mol. The van der Waals surface area contributed by atoms with Gasteiger partial charge in [-0.25, -0.2) is 0 Å². The van der Waals surface area contributed by atoms with Gasteiger partial charge in [0.15, 0.2) is 17.2 Å². The van der Waals surface area contributed by atoms with E-state index < -0.39 is 0 Å². The molecule has 1 N–H and O–H groups in total. The van der Waals surface area contributed by atoms with Crippen LogP contribution in [0.4, 0.5) is 5.69 Å². The molecule has 0 fully saturated rings. The SMILES string of the molecule is CCCCCC(C)C(=O)Nc1cc(OC)ccc1Oc1ccc(OC)cc1OC. The highest BCUT2D eigenvalue weighted by Crippen LogP contribution is 2.38. The van der Waals surface area contributed by atoms with Crippen LogP contribution in [-0.2, 0) is 4.79 Å². The Morgan fingerprint density at radius 3 is 2.17 bits per heavy atom. The number of methoxy groups -OCH3 is 3. The predicted molar refractivity (Wildman–Crippen MR) is 115 cm³/mol. The summed E-state index contributed by atoms with van der Waals surface area (Å²) in [7, 11) is 4.74. The Kier molecular flexibility index (Phi) is 8.65. The van der Waals surface area contributed by atoms with Crippen molar-refractivity contribution in [1.82, 2.24) is 0 Å². The van der Waals surface area contributed by atoms with Crippen molar-refractivity contribution in [2.45, 2.75) is 39.5 Å². The summed E-state index contributed by atoms with van der Waals surface area (Å²) in [6.07, 6.45) is 4.15. The lowest BCUT2D eigenvalue weighted by molar-refractivity contribution is -0.119. The molecule has 0 saturated heterocycles. The summed E-state index contributed by atoms with van der Waals surface area (Å²) < 4.78 is 22.0. The maximum Gasteiger partial charge on any atom is 0.227 e. The largest absolute Gasteiger partial charge is 0.497 e. The summed E-state index contributed by atoms with van der Waals surface area (Å²) in [5.74, 6) is 2.72. The fourth-order valence-corrected chi connectivity index (χ4v) is 2.89. The Balaban J connectivity index is 2.24. The highest BCUT2D eigenvalue weighted by Gasteiger charge is 2.17. The number of unbranched alkanes of at least 4 members (excludes halogenated alkanes) is 2. The molecule has 29 heavy (non-hydrogen) atoms. The number of hydrogen-bond acceptors (Lipinski definition) is 5. The number of carbonyl (C=O) groups is 1. The zero-order valence-electron chi connectivity index (χ0n) is 17.9. The van der Waals surface area contributed by atoms with Crippen LogP contribution in [0.2, 0.25) is 0 Å². The molecule has 2 aromatic rings. The predicted octanol–water partition coefficient (Wildman–Crippen LogP) is 5.66. The van der Waals surface area contributed by atoms with Crippen LogP contribution < -0.4 is 24.3 Å². The first-order chi connectivity index (χ1) is 14.0. The lowest BCUT2D eigenvalue weighted by Crippen LogP contribution is -2.20. The van der Waals surface area contributed by atoms with E-state index in [1.54, 1.807) is 57.7 Å². The lowest BCUT2D eigenvalue weighted by Gasteiger charge is -2.17. The topological polar surface area (TPSA) is 66.0 Å². The first-order valence-corrected chi connectivity index (χ1v) is 9.91. The molecule has 1 amide bonds. The molecule has 0 heterocycles. The summed E-state index contributed by atoms with van der Waals surface area (Å²) in [6, 6.07) is 10.6. The van der Waals surface area contributed by atoms with Crippen molar-refractivity contribution in [3.8, 4) is 28.7 Å². The molecule has 6 heteroatoms. The Labute approximate surface area is 173 Å². The van der Waals surface area contributed by atoms with Crippen molar-refractivity contribution < 1.29 is 23.7 Å². The van der Waals surface area contributed by atoms with E-state index in [-0.39, 0.29) is 11.8 Å². The minimum absolute atomic E-state index is 0.0408. The van der Waals surface area contributed by atoms with Crippen LogP contribution in [-0.4, -0.2) is 27.2 Å². The smallest absolute Gasteiger partial charge is 0.227 e. The molecule has 1 atom stereocenters. The summed E-state index contributed by atoms with van der Waals surface area (Å²) >= 11 is 0. The quantitative estimate of drug-likeness (QED) is 0.492. The van der Waals surface area contributed by atoms with Crippen LogP contribution in [0.3, 0.4) is 0 Å². The third kappa shape index (κ3) is 6.31. The fourth-order valence-electron chi connectivity index (χ4n) is 2.89. The third-order valence-electron chi connectivity index (χ3n) is 4.72. The molecule has 0 radical (unpaired) electrons. The van der Waals surface area contributed by atoms with E-state index in [1.807, 2.05) is 6.92 Å². The first-order valence-electron chi connectivity index (χ1n) is 9.91. The fraction of sp³-hybridized carbons (Fsp3) is 0.435. The van der Waals surface area contributed by atoms with Gasteiger partial charge in [0.05, 0.1) is 27.0 Å². The molecule has 2 aromatic carbocycles. The van der Waals surface area contributed by atoms with E-state index >= 15 is 0 Å². The molecule has 158 valence electrons. The number of amides is 1. The highest BCUT2D eigenvalue weighted by molar-refractivity contribution is 5.94. The zero-order valence-corrected chi connectivity index (χ0v) is 17.9. The molecule has 0 aliphatic rings. The van der Waals surface area contributed by atoms with Gasteiger partial charge in [-0.05, 0) is 30.7 Å². The Bertz CT molecular complexity index is 806. The molecule has 0 saturated carbocycles. The molecule has 0 spiro atoms. The van der Waals surface area contributed by atoms with Gasteiger partial charge in [-0.15, -0.1) is 0 Å². The molecule has 0 aromatic heterocycles. The second-order valence-corrected chi connectivity index (χ2v) is 6.87. The zero-order chi connectivity index (χ0) is 21.2. The van der Waals surface area contributed by atoms with Crippen molar-refractivity contribution in [3.63, 3.8) is 0 Å². The Hall–Kier alpha value is -2.89. The molecule has 6 nitrogen and oxygen atoms in total. The van der Waals surface area contributed by atoms with Crippen LogP contribution >= 0.6 is 0 Å². The highest BCUT2D eigenvalue weighted by atomic mass is 16.5. The van der Waals surface area contributed by atoms with Gasteiger partial charge in [-0.2, -0.15) is 0 Å². The van der Waals surface area contributed by atoms with Crippen LogP contribution in [0.25, 0.3) is 0 Å². The Morgan fingerprint density at radius 1 is 0.897 bits per heavy atom. The van der Waals surface area contributed by atoms with E-state index in [4.69, 9.17) is 18.9 Å². The molecule has 1 unspecified atom stereocenters.